The van der Waals surface area contributed by atoms with E-state index < -0.39 is 5.41 Å². The molecular formula is C61H41N3. The first-order valence-corrected chi connectivity index (χ1v) is 22.2. The summed E-state index contributed by atoms with van der Waals surface area (Å²) in [5.74, 6) is 0.858. The average Bonchev–Trinajstić information content (AvgIpc) is 3.66. The van der Waals surface area contributed by atoms with Gasteiger partial charge in [-0.15, -0.1) is 0 Å². The SMILES string of the molecule is C1=C(c2ccccc2)N=C(c2ccc3c(c2)-c2ccccc2C32c3ccc4ccccc4c3N(c3ccccc3)c3c2ccc2ccccc32)NC1c1ccc(-c2ccccc2)cc1. The average molecular weight is 816 g/mol. The van der Waals surface area contributed by atoms with Crippen molar-refractivity contribution in [3.8, 4) is 22.3 Å². The molecular weight excluding hydrogens is 775 g/mol. The maximum Gasteiger partial charge on any atom is 0.134 e. The molecule has 10 aromatic carbocycles. The van der Waals surface area contributed by atoms with Crippen LogP contribution in [-0.2, 0) is 5.41 Å². The quantitative estimate of drug-likeness (QED) is 0.187. The molecule has 10 aromatic rings. The molecule has 2 heterocycles. The summed E-state index contributed by atoms with van der Waals surface area (Å²) < 4.78 is 0. The van der Waals surface area contributed by atoms with Crippen molar-refractivity contribution in [3.05, 3.63) is 276 Å². The Morgan fingerprint density at radius 2 is 0.922 bits per heavy atom. The van der Waals surface area contributed by atoms with Crippen molar-refractivity contribution in [2.75, 3.05) is 4.90 Å². The fourth-order valence-electron chi connectivity index (χ4n) is 10.8. The van der Waals surface area contributed by atoms with Gasteiger partial charge in [0, 0.05) is 22.0 Å². The van der Waals surface area contributed by atoms with Crippen molar-refractivity contribution in [3.63, 3.8) is 0 Å². The maximum atomic E-state index is 5.39. The van der Waals surface area contributed by atoms with Crippen LogP contribution in [0.25, 0.3) is 49.5 Å². The van der Waals surface area contributed by atoms with Crippen LogP contribution >= 0.6 is 0 Å². The van der Waals surface area contributed by atoms with Gasteiger partial charge in [-0.05, 0) is 90.7 Å². The monoisotopic (exact) mass is 815 g/mol. The predicted octanol–water partition coefficient (Wildman–Crippen LogP) is 14.9. The van der Waals surface area contributed by atoms with Crippen molar-refractivity contribution >= 4 is 50.1 Å². The van der Waals surface area contributed by atoms with Crippen LogP contribution in [-0.4, -0.2) is 5.84 Å². The van der Waals surface area contributed by atoms with Crippen molar-refractivity contribution < 1.29 is 0 Å². The molecule has 0 saturated carbocycles. The summed E-state index contributed by atoms with van der Waals surface area (Å²) in [5, 5.41) is 8.79. The van der Waals surface area contributed by atoms with Crippen LogP contribution in [0.1, 0.15) is 45.0 Å². The van der Waals surface area contributed by atoms with Gasteiger partial charge < -0.3 is 10.2 Å². The Kier molecular flexibility index (Phi) is 8.19. The number of nitrogens with one attached hydrogen (secondary N) is 1. The van der Waals surface area contributed by atoms with Crippen LogP contribution in [0.4, 0.5) is 17.1 Å². The molecule has 0 amide bonds. The van der Waals surface area contributed by atoms with Crippen LogP contribution in [0.15, 0.2) is 242 Å². The first kappa shape index (κ1) is 36.4. The fourth-order valence-corrected chi connectivity index (χ4v) is 10.8. The Morgan fingerprint density at radius 3 is 1.59 bits per heavy atom. The molecule has 0 bridgehead atoms. The molecule has 1 spiro atoms. The van der Waals surface area contributed by atoms with E-state index in [1.165, 1.54) is 83.0 Å². The first-order valence-electron chi connectivity index (χ1n) is 22.2. The second-order valence-electron chi connectivity index (χ2n) is 17.1. The number of nitrogens with zero attached hydrogens (tertiary/aromatic N) is 2. The topological polar surface area (TPSA) is 27.6 Å². The second-order valence-corrected chi connectivity index (χ2v) is 17.1. The Morgan fingerprint density at radius 1 is 0.406 bits per heavy atom. The van der Waals surface area contributed by atoms with E-state index in [-0.39, 0.29) is 6.04 Å². The fraction of sp³-hybridized carbons (Fsp3) is 0.0328. The van der Waals surface area contributed by atoms with Gasteiger partial charge in [-0.2, -0.15) is 0 Å². The van der Waals surface area contributed by atoms with Crippen LogP contribution in [0, 0.1) is 0 Å². The van der Waals surface area contributed by atoms with Gasteiger partial charge in [-0.1, -0.05) is 212 Å². The van der Waals surface area contributed by atoms with E-state index in [2.05, 4.69) is 247 Å². The smallest absolute Gasteiger partial charge is 0.134 e. The molecule has 3 heteroatoms. The number of rotatable bonds is 5. The number of benzene rings is 10. The molecule has 300 valence electrons. The lowest BCUT2D eigenvalue weighted by molar-refractivity contribution is 0.756. The van der Waals surface area contributed by atoms with Crippen LogP contribution in [0.5, 0.6) is 0 Å². The summed E-state index contributed by atoms with van der Waals surface area (Å²) in [7, 11) is 0. The molecule has 13 rings (SSSR count). The molecule has 2 aliphatic heterocycles. The van der Waals surface area contributed by atoms with E-state index in [0.29, 0.717) is 0 Å². The zero-order chi connectivity index (χ0) is 42.2. The first-order chi connectivity index (χ1) is 31.7. The molecule has 0 radical (unpaired) electrons. The number of amidine groups is 1. The van der Waals surface area contributed by atoms with E-state index in [9.17, 15) is 0 Å². The molecule has 1 unspecified atom stereocenters. The molecule has 0 fully saturated rings. The number of hydrogen-bond donors (Lipinski definition) is 1. The van der Waals surface area contributed by atoms with Gasteiger partial charge in [-0.25, -0.2) is 4.99 Å². The molecule has 1 N–H and O–H groups in total. The highest BCUT2D eigenvalue weighted by Gasteiger charge is 2.52. The van der Waals surface area contributed by atoms with Gasteiger partial charge in [0.1, 0.15) is 5.84 Å². The Labute approximate surface area is 373 Å². The molecule has 1 aliphatic carbocycles. The number of hydrogen-bond acceptors (Lipinski definition) is 3. The lowest BCUT2D eigenvalue weighted by atomic mass is 9.63. The summed E-state index contributed by atoms with van der Waals surface area (Å²) in [4.78, 5) is 7.93. The minimum Gasteiger partial charge on any atom is -0.359 e. The third kappa shape index (κ3) is 5.44. The predicted molar refractivity (Wildman–Crippen MR) is 266 cm³/mol. The Hall–Kier alpha value is -8.27. The van der Waals surface area contributed by atoms with E-state index in [0.717, 1.165) is 28.3 Å². The molecule has 3 nitrogen and oxygen atoms in total. The third-order valence-electron chi connectivity index (χ3n) is 13.7. The number of anilines is 3. The number of fused-ring (bicyclic) bond motifs is 13. The standard InChI is InChI=1S/C61H41N3/c1-4-16-40(17-5-1)41-28-30-45(31-29-41)57-39-56(44-20-6-2-7-21-44)62-60(63-57)46-34-35-53-51(38-46)50-26-14-15-27-52(50)61(53)54-36-32-42-18-10-12-24-48(42)58(54)64(47-22-8-3-9-23-47)59-49-25-13-11-19-43(49)33-37-55(59)61/h1-39,57H,(H,62,63). The molecule has 1 atom stereocenters. The van der Waals surface area contributed by atoms with Gasteiger partial charge in [-0.3, -0.25) is 0 Å². The van der Waals surface area contributed by atoms with Crippen LogP contribution in [0.3, 0.4) is 0 Å². The highest BCUT2D eigenvalue weighted by Crippen LogP contribution is 2.65. The van der Waals surface area contributed by atoms with Gasteiger partial charge in [0.2, 0.25) is 0 Å². The second kappa shape index (κ2) is 14.4. The van der Waals surface area contributed by atoms with Crippen LogP contribution in [0.2, 0.25) is 0 Å². The van der Waals surface area contributed by atoms with E-state index in [1.54, 1.807) is 0 Å². The van der Waals surface area contributed by atoms with Crippen LogP contribution < -0.4 is 10.2 Å². The molecule has 3 aliphatic rings. The third-order valence-corrected chi connectivity index (χ3v) is 13.7. The summed E-state index contributed by atoms with van der Waals surface area (Å²) >= 11 is 0. The molecule has 64 heavy (non-hydrogen) atoms. The van der Waals surface area contributed by atoms with E-state index in [4.69, 9.17) is 4.99 Å². The summed E-state index contributed by atoms with van der Waals surface area (Å²) in [6.07, 6.45) is 2.26. The lowest BCUT2D eigenvalue weighted by Gasteiger charge is -2.46. The van der Waals surface area contributed by atoms with Gasteiger partial charge in [0.15, 0.2) is 0 Å². The van der Waals surface area contributed by atoms with Crippen molar-refractivity contribution in [1.29, 1.82) is 0 Å². The summed E-state index contributed by atoms with van der Waals surface area (Å²) in [6.45, 7) is 0. The van der Waals surface area contributed by atoms with E-state index >= 15 is 0 Å². The van der Waals surface area contributed by atoms with E-state index in [1.807, 2.05) is 0 Å². The van der Waals surface area contributed by atoms with Gasteiger partial charge in [0.25, 0.3) is 0 Å². The molecule has 0 aromatic heterocycles. The highest BCUT2D eigenvalue weighted by molar-refractivity contribution is 6.12. The highest BCUT2D eigenvalue weighted by atomic mass is 15.2. The van der Waals surface area contributed by atoms with Gasteiger partial charge in [0.05, 0.1) is 28.5 Å². The van der Waals surface area contributed by atoms with Crippen molar-refractivity contribution in [2.45, 2.75) is 11.5 Å². The van der Waals surface area contributed by atoms with Crippen molar-refractivity contribution in [2.24, 2.45) is 4.99 Å². The minimum absolute atomic E-state index is 0.0814. The van der Waals surface area contributed by atoms with Crippen molar-refractivity contribution in [1.82, 2.24) is 5.32 Å². The lowest BCUT2D eigenvalue weighted by Crippen LogP contribution is -2.36. The summed E-state index contributed by atoms with van der Waals surface area (Å²) in [5.41, 5.74) is 17.3. The normalized spacial score (nSPS) is 15.4. The minimum atomic E-state index is -0.603. The largest absolute Gasteiger partial charge is 0.359 e. The molecule has 0 saturated heterocycles. The Balaban J connectivity index is 1.03. The zero-order valence-electron chi connectivity index (χ0n) is 35.0. The van der Waals surface area contributed by atoms with Gasteiger partial charge >= 0.3 is 0 Å². The number of para-hydroxylation sites is 1. The zero-order valence-corrected chi connectivity index (χ0v) is 35.0. The Bertz CT molecular complexity index is 3430. The number of aliphatic imine (C=N–C) groups is 1. The summed E-state index contributed by atoms with van der Waals surface area (Å²) in [6, 6.07) is 84.3. The maximum absolute atomic E-state index is 5.39.